The van der Waals surface area contributed by atoms with Crippen molar-refractivity contribution in [2.45, 2.75) is 26.1 Å². The van der Waals surface area contributed by atoms with E-state index in [1.807, 2.05) is 0 Å². The molecule has 0 aromatic rings. The van der Waals surface area contributed by atoms with Crippen LogP contribution in [0.3, 0.4) is 0 Å². The van der Waals surface area contributed by atoms with Crippen molar-refractivity contribution in [3.05, 3.63) is 0 Å². The second kappa shape index (κ2) is 3.95. The zero-order valence-electron chi connectivity index (χ0n) is 7.39. The van der Waals surface area contributed by atoms with Crippen LogP contribution in [0, 0.1) is 11.8 Å². The maximum atomic E-state index is 10.5. The summed E-state index contributed by atoms with van der Waals surface area (Å²) in [6.07, 6.45) is -5.19. The zero-order valence-corrected chi connectivity index (χ0v) is 7.39. The lowest BCUT2D eigenvalue weighted by Crippen LogP contribution is -2.54. The molecule has 0 spiro atoms. The Hall–Kier alpha value is -0.780. The van der Waals surface area contributed by atoms with Crippen LogP contribution in [0.15, 0.2) is 0 Å². The molecule has 0 aromatic heterocycles. The molecule has 0 aromatic carbocycles. The van der Waals surface area contributed by atoms with E-state index in [2.05, 4.69) is 19.6 Å². The second-order valence-electron chi connectivity index (χ2n) is 3.17. The number of hydrogen-bond acceptors (Lipinski definition) is 2. The lowest BCUT2D eigenvalue weighted by Gasteiger charge is -2.03. The number of carboxylic acids is 1. The molecule has 0 amide bonds. The highest BCUT2D eigenvalue weighted by Gasteiger charge is 2.43. The molecule has 78 valence electrons. The number of carboxylic acid groups (broad SMARTS) is 1. The van der Waals surface area contributed by atoms with Crippen molar-refractivity contribution in [2.24, 2.45) is 11.8 Å². The zero-order chi connectivity index (χ0) is 10.8. The van der Waals surface area contributed by atoms with Gasteiger partial charge in [0.1, 0.15) is 5.97 Å². The van der Waals surface area contributed by atoms with E-state index in [-0.39, 0.29) is 0 Å². The van der Waals surface area contributed by atoms with Crippen LogP contribution in [-0.4, -0.2) is 18.2 Å². The lowest BCUT2D eigenvalue weighted by molar-refractivity contribution is -0.392. The number of halogens is 3. The molecule has 6 heteroatoms. The molecule has 2 unspecified atom stereocenters. The number of hydrogen-bond donors (Lipinski definition) is 1. The van der Waals surface area contributed by atoms with Crippen LogP contribution >= 0.6 is 0 Å². The number of aliphatic carboxylic acids is 1. The summed E-state index contributed by atoms with van der Waals surface area (Å²) in [5.74, 6) is -1.19. The molecule has 0 heterocycles. The van der Waals surface area contributed by atoms with Gasteiger partial charge in [0, 0.05) is 11.8 Å². The van der Waals surface area contributed by atoms with E-state index in [0.29, 0.717) is 0 Å². The molecule has 0 saturated heterocycles. The number of alkyl halides is 3. The van der Waals surface area contributed by atoms with Crippen molar-refractivity contribution in [1.29, 1.82) is 0 Å². The number of quaternary nitrogens is 1. The van der Waals surface area contributed by atoms with Gasteiger partial charge in [-0.15, -0.1) is 0 Å². The van der Waals surface area contributed by atoms with Crippen LogP contribution in [-0.2, 0) is 4.79 Å². The lowest BCUT2D eigenvalue weighted by atomic mass is 10.4. The molecule has 1 saturated carbocycles. The highest BCUT2D eigenvalue weighted by molar-refractivity contribution is 5.70. The van der Waals surface area contributed by atoms with Crippen LogP contribution in [0.2, 0.25) is 0 Å². The summed E-state index contributed by atoms with van der Waals surface area (Å²) in [5.41, 5.74) is 3.91. The maximum absolute atomic E-state index is 10.5. The summed E-state index contributed by atoms with van der Waals surface area (Å²) in [7, 11) is 0. The fraction of sp³-hybridized carbons (Fsp3) is 0.857. The standard InChI is InChI=1S/C5H11N.C2HF3O2/c1-3-4(2)5(3)6;3-2(4,5)1(6)7/h3-5H,6H2,1-2H3;(H,6,7). The second-order valence-corrected chi connectivity index (χ2v) is 3.17. The van der Waals surface area contributed by atoms with E-state index in [1.165, 1.54) is 0 Å². The van der Waals surface area contributed by atoms with Gasteiger partial charge >= 0.3 is 6.18 Å². The van der Waals surface area contributed by atoms with Gasteiger partial charge < -0.3 is 15.6 Å². The Morgan fingerprint density at radius 3 is 1.46 bits per heavy atom. The molecule has 1 aliphatic rings. The van der Waals surface area contributed by atoms with Gasteiger partial charge in [-0.3, -0.25) is 0 Å². The van der Waals surface area contributed by atoms with E-state index >= 15 is 0 Å². The monoisotopic (exact) mass is 199 g/mol. The first-order chi connectivity index (χ1) is 5.68. The minimum absolute atomic E-state index is 0.769. The van der Waals surface area contributed by atoms with Crippen molar-refractivity contribution in [3.63, 3.8) is 0 Å². The molecular weight excluding hydrogens is 187 g/mol. The predicted octanol–water partition coefficient (Wildman–Crippen LogP) is -0.819. The number of carbonyl (C=O) groups excluding carboxylic acids is 1. The van der Waals surface area contributed by atoms with E-state index < -0.39 is 12.1 Å². The minimum atomic E-state index is -5.19. The maximum Gasteiger partial charge on any atom is 0.430 e. The average Bonchev–Trinajstić information content (AvgIpc) is 2.45. The van der Waals surface area contributed by atoms with Gasteiger partial charge in [-0.1, -0.05) is 13.8 Å². The van der Waals surface area contributed by atoms with Gasteiger partial charge in [0.05, 0.1) is 6.04 Å². The van der Waals surface area contributed by atoms with Gasteiger partial charge in [0.15, 0.2) is 0 Å². The van der Waals surface area contributed by atoms with Crippen LogP contribution in [0.4, 0.5) is 13.2 Å². The van der Waals surface area contributed by atoms with Gasteiger partial charge in [0.2, 0.25) is 0 Å². The van der Waals surface area contributed by atoms with Crippen LogP contribution < -0.4 is 10.8 Å². The molecule has 0 radical (unpaired) electrons. The third-order valence-electron chi connectivity index (χ3n) is 2.27. The predicted molar refractivity (Wildman–Crippen MR) is 36.1 cm³/mol. The largest absolute Gasteiger partial charge is 0.542 e. The van der Waals surface area contributed by atoms with Crippen molar-refractivity contribution in [2.75, 3.05) is 0 Å². The summed E-state index contributed by atoms with van der Waals surface area (Å²) in [6.45, 7) is 4.50. The molecule has 13 heavy (non-hydrogen) atoms. The van der Waals surface area contributed by atoms with E-state index in [4.69, 9.17) is 9.90 Å². The van der Waals surface area contributed by atoms with Gasteiger partial charge in [-0.2, -0.15) is 13.2 Å². The van der Waals surface area contributed by atoms with E-state index in [9.17, 15) is 13.2 Å². The number of rotatable bonds is 0. The average molecular weight is 199 g/mol. The van der Waals surface area contributed by atoms with Crippen molar-refractivity contribution >= 4 is 5.97 Å². The van der Waals surface area contributed by atoms with Crippen molar-refractivity contribution in [3.8, 4) is 0 Å². The minimum Gasteiger partial charge on any atom is -0.542 e. The summed E-state index contributed by atoms with van der Waals surface area (Å²) >= 11 is 0. The Balaban J connectivity index is 0.000000223. The Morgan fingerprint density at radius 1 is 1.31 bits per heavy atom. The third kappa shape index (κ3) is 4.12. The molecule has 1 rings (SSSR count). The molecule has 0 bridgehead atoms. The van der Waals surface area contributed by atoms with Crippen LogP contribution in [0.5, 0.6) is 0 Å². The molecular formula is C7H12F3NO2. The Kier molecular flexibility index (Phi) is 3.71. The Morgan fingerprint density at radius 2 is 1.46 bits per heavy atom. The third-order valence-corrected chi connectivity index (χ3v) is 2.27. The normalized spacial score (nSPS) is 31.7. The summed E-state index contributed by atoms with van der Waals surface area (Å²) in [5, 5.41) is 8.78. The summed E-state index contributed by atoms with van der Waals surface area (Å²) in [6, 6.07) is 0.769. The van der Waals surface area contributed by atoms with Crippen molar-refractivity contribution in [1.82, 2.24) is 0 Å². The molecule has 3 nitrogen and oxygen atoms in total. The quantitative estimate of drug-likeness (QED) is 0.554. The molecule has 1 fully saturated rings. The van der Waals surface area contributed by atoms with Crippen LogP contribution in [0.25, 0.3) is 0 Å². The first-order valence-electron chi connectivity index (χ1n) is 3.79. The first kappa shape index (κ1) is 12.2. The number of carbonyl (C=O) groups is 1. The summed E-state index contributed by atoms with van der Waals surface area (Å²) < 4.78 is 31.5. The van der Waals surface area contributed by atoms with Gasteiger partial charge in [-0.05, 0) is 0 Å². The van der Waals surface area contributed by atoms with Gasteiger partial charge in [-0.25, -0.2) is 0 Å². The molecule has 1 aliphatic carbocycles. The fourth-order valence-corrected chi connectivity index (χ4v) is 0.765. The molecule has 2 atom stereocenters. The Labute approximate surface area is 73.7 Å². The Bertz CT molecular complexity index is 172. The van der Waals surface area contributed by atoms with Gasteiger partial charge in [0.25, 0.3) is 0 Å². The molecule has 0 aliphatic heterocycles. The van der Waals surface area contributed by atoms with Crippen LogP contribution in [0.1, 0.15) is 13.8 Å². The van der Waals surface area contributed by atoms with E-state index in [1.54, 1.807) is 0 Å². The topological polar surface area (TPSA) is 67.8 Å². The highest BCUT2D eigenvalue weighted by atomic mass is 19.4. The SMILES string of the molecule is CC1C(C)C1[NH3+].O=C([O-])C(F)(F)F. The fourth-order valence-electron chi connectivity index (χ4n) is 0.765. The highest BCUT2D eigenvalue weighted by Crippen LogP contribution is 2.33. The van der Waals surface area contributed by atoms with E-state index in [0.717, 1.165) is 17.9 Å². The molecule has 3 N–H and O–H groups in total. The smallest absolute Gasteiger partial charge is 0.430 e. The summed E-state index contributed by atoms with van der Waals surface area (Å²) in [4.78, 5) is 8.78. The van der Waals surface area contributed by atoms with Crippen molar-refractivity contribution < 1.29 is 28.8 Å². The first-order valence-corrected chi connectivity index (χ1v) is 3.79.